The largest absolute Gasteiger partial charge is 0.359 e. The van der Waals surface area contributed by atoms with Crippen LogP contribution in [0.25, 0.3) is 0 Å². The van der Waals surface area contributed by atoms with Crippen LogP contribution in [0.4, 0.5) is 5.69 Å². The maximum Gasteiger partial charge on any atom is 0.0381 e. The first-order chi connectivity index (χ1) is 8.74. The lowest BCUT2D eigenvalue weighted by atomic mass is 10.1. The molecule has 0 saturated heterocycles. The normalized spacial score (nSPS) is 10.1. The molecule has 2 aromatic rings. The van der Waals surface area contributed by atoms with Gasteiger partial charge >= 0.3 is 0 Å². The van der Waals surface area contributed by atoms with Gasteiger partial charge in [-0.15, -0.1) is 0 Å². The Labute approximate surface area is 109 Å². The molecule has 0 aromatic heterocycles. The number of hydrogen-bond donors (Lipinski definition) is 1. The minimum Gasteiger partial charge on any atom is -0.359 e. The topological polar surface area (TPSA) is 12.0 Å². The third-order valence-corrected chi connectivity index (χ3v) is 2.93. The highest BCUT2D eigenvalue weighted by molar-refractivity contribution is 5.48. The van der Waals surface area contributed by atoms with E-state index in [1.54, 1.807) is 0 Å². The second-order valence-electron chi connectivity index (χ2n) is 4.58. The first-order valence-corrected chi connectivity index (χ1v) is 6.29. The van der Waals surface area contributed by atoms with Crippen molar-refractivity contribution in [3.8, 4) is 0 Å². The van der Waals surface area contributed by atoms with Crippen molar-refractivity contribution in [2.45, 2.75) is 19.8 Å². The van der Waals surface area contributed by atoms with Crippen molar-refractivity contribution in [2.24, 2.45) is 0 Å². The zero-order valence-corrected chi connectivity index (χ0v) is 10.8. The van der Waals surface area contributed by atoms with Gasteiger partial charge in [-0.2, -0.15) is 0 Å². The Morgan fingerprint density at radius 1 is 1.00 bits per heavy atom. The maximum absolute atomic E-state index is 4.08. The van der Waals surface area contributed by atoms with Gasteiger partial charge in [-0.25, -0.2) is 0 Å². The highest BCUT2D eigenvalue weighted by Crippen LogP contribution is 2.14. The predicted molar refractivity (Wildman–Crippen MR) is 78.7 cm³/mol. The molecule has 0 aliphatic carbocycles. The molecule has 0 aliphatic heterocycles. The molecular formula is C17H19N. The minimum absolute atomic E-state index is 0.956. The fourth-order valence-corrected chi connectivity index (χ4v) is 1.84. The van der Waals surface area contributed by atoms with Crippen molar-refractivity contribution in [1.82, 2.24) is 0 Å². The molecule has 0 bridgehead atoms. The molecule has 0 spiro atoms. The molecule has 0 aliphatic rings. The molecule has 92 valence electrons. The van der Waals surface area contributed by atoms with Crippen molar-refractivity contribution in [3.63, 3.8) is 0 Å². The highest BCUT2D eigenvalue weighted by Gasteiger charge is 1.97. The molecule has 1 nitrogen and oxygen atoms in total. The standard InChI is InChI=1S/C17H19N/c1-14-8-12-17(13-9-14)18-15(2)10-11-16-6-4-3-5-7-16/h3-9,12-13,18H,2,10-11H2,1H3. The molecule has 0 fully saturated rings. The number of nitrogens with one attached hydrogen (secondary N) is 1. The SMILES string of the molecule is C=C(CCc1ccccc1)Nc1ccc(C)cc1. The number of hydrogen-bond acceptors (Lipinski definition) is 1. The summed E-state index contributed by atoms with van der Waals surface area (Å²) in [5.41, 5.74) is 4.79. The van der Waals surface area contributed by atoms with E-state index >= 15 is 0 Å². The van der Waals surface area contributed by atoms with Crippen molar-refractivity contribution in [2.75, 3.05) is 5.32 Å². The van der Waals surface area contributed by atoms with E-state index in [4.69, 9.17) is 0 Å². The Morgan fingerprint density at radius 3 is 2.33 bits per heavy atom. The van der Waals surface area contributed by atoms with Crippen molar-refractivity contribution in [1.29, 1.82) is 0 Å². The summed E-state index contributed by atoms with van der Waals surface area (Å²) in [6, 6.07) is 18.9. The Balaban J connectivity index is 1.84. The van der Waals surface area contributed by atoms with Gasteiger partial charge in [-0.05, 0) is 37.5 Å². The van der Waals surface area contributed by atoms with E-state index in [0.717, 1.165) is 24.2 Å². The summed E-state index contributed by atoms with van der Waals surface area (Å²) >= 11 is 0. The Morgan fingerprint density at radius 2 is 1.67 bits per heavy atom. The van der Waals surface area contributed by atoms with Gasteiger partial charge in [-0.1, -0.05) is 54.6 Å². The van der Waals surface area contributed by atoms with Gasteiger partial charge in [0.1, 0.15) is 0 Å². The van der Waals surface area contributed by atoms with Crippen molar-refractivity contribution < 1.29 is 0 Å². The average molecular weight is 237 g/mol. The van der Waals surface area contributed by atoms with Gasteiger partial charge in [0.15, 0.2) is 0 Å². The van der Waals surface area contributed by atoms with Gasteiger partial charge in [0, 0.05) is 11.4 Å². The summed E-state index contributed by atoms with van der Waals surface area (Å²) < 4.78 is 0. The van der Waals surface area contributed by atoms with Crippen molar-refractivity contribution in [3.05, 3.63) is 78.0 Å². The van der Waals surface area contributed by atoms with Crippen LogP contribution in [-0.2, 0) is 6.42 Å². The quantitative estimate of drug-likeness (QED) is 0.804. The van der Waals surface area contributed by atoms with E-state index in [-0.39, 0.29) is 0 Å². The molecular weight excluding hydrogens is 218 g/mol. The van der Waals surface area contributed by atoms with E-state index in [1.165, 1.54) is 11.1 Å². The third kappa shape index (κ3) is 3.77. The fraction of sp³-hybridized carbons (Fsp3) is 0.176. The van der Waals surface area contributed by atoms with Gasteiger partial charge in [0.2, 0.25) is 0 Å². The van der Waals surface area contributed by atoms with Crippen LogP contribution in [0.15, 0.2) is 66.9 Å². The van der Waals surface area contributed by atoms with Crippen LogP contribution in [0, 0.1) is 6.92 Å². The molecule has 0 atom stereocenters. The van der Waals surface area contributed by atoms with Gasteiger partial charge in [-0.3, -0.25) is 0 Å². The summed E-state index contributed by atoms with van der Waals surface area (Å²) in [6.07, 6.45) is 1.98. The predicted octanol–water partition coefficient (Wildman–Crippen LogP) is 4.55. The van der Waals surface area contributed by atoms with E-state index < -0.39 is 0 Å². The summed E-state index contributed by atoms with van der Waals surface area (Å²) in [7, 11) is 0. The van der Waals surface area contributed by atoms with Gasteiger partial charge in [0.25, 0.3) is 0 Å². The Hall–Kier alpha value is -2.02. The molecule has 2 rings (SSSR count). The maximum atomic E-state index is 4.08. The van der Waals surface area contributed by atoms with Crippen LogP contribution in [0.1, 0.15) is 17.5 Å². The summed E-state index contributed by atoms with van der Waals surface area (Å²) in [6.45, 7) is 6.17. The molecule has 0 amide bonds. The second-order valence-corrected chi connectivity index (χ2v) is 4.58. The Bertz CT molecular complexity index is 497. The van der Waals surface area contributed by atoms with Crippen LogP contribution in [0.5, 0.6) is 0 Å². The molecule has 18 heavy (non-hydrogen) atoms. The van der Waals surface area contributed by atoms with Crippen LogP contribution in [0.3, 0.4) is 0 Å². The second kappa shape index (κ2) is 6.06. The average Bonchev–Trinajstić information content (AvgIpc) is 2.40. The minimum atomic E-state index is 0.956. The lowest BCUT2D eigenvalue weighted by Crippen LogP contribution is -1.99. The zero-order valence-electron chi connectivity index (χ0n) is 10.8. The van der Waals surface area contributed by atoms with Crippen LogP contribution in [0.2, 0.25) is 0 Å². The highest BCUT2D eigenvalue weighted by atomic mass is 14.9. The Kier molecular flexibility index (Phi) is 4.19. The number of aryl methyl sites for hydroxylation is 2. The molecule has 1 heteroatoms. The molecule has 2 aromatic carbocycles. The molecule has 0 saturated carbocycles. The number of rotatable bonds is 5. The molecule has 0 heterocycles. The monoisotopic (exact) mass is 237 g/mol. The van der Waals surface area contributed by atoms with E-state index in [0.29, 0.717) is 0 Å². The summed E-state index contributed by atoms with van der Waals surface area (Å²) in [5.74, 6) is 0. The van der Waals surface area contributed by atoms with E-state index in [9.17, 15) is 0 Å². The lowest BCUT2D eigenvalue weighted by Gasteiger charge is -2.10. The first-order valence-electron chi connectivity index (χ1n) is 6.29. The molecule has 0 unspecified atom stereocenters. The third-order valence-electron chi connectivity index (χ3n) is 2.93. The van der Waals surface area contributed by atoms with E-state index in [1.807, 2.05) is 6.07 Å². The smallest absolute Gasteiger partial charge is 0.0381 e. The number of benzene rings is 2. The van der Waals surface area contributed by atoms with Crippen molar-refractivity contribution >= 4 is 5.69 Å². The van der Waals surface area contributed by atoms with Crippen LogP contribution in [-0.4, -0.2) is 0 Å². The molecule has 1 N–H and O–H groups in total. The summed E-state index contributed by atoms with van der Waals surface area (Å²) in [5, 5.41) is 3.34. The van der Waals surface area contributed by atoms with Gasteiger partial charge in [0.05, 0.1) is 0 Å². The van der Waals surface area contributed by atoms with E-state index in [2.05, 4.69) is 67.4 Å². The fourth-order valence-electron chi connectivity index (χ4n) is 1.84. The van der Waals surface area contributed by atoms with Crippen LogP contribution < -0.4 is 5.32 Å². The van der Waals surface area contributed by atoms with Gasteiger partial charge < -0.3 is 5.32 Å². The number of anilines is 1. The van der Waals surface area contributed by atoms with Crippen LogP contribution >= 0.6 is 0 Å². The first kappa shape index (κ1) is 12.4. The lowest BCUT2D eigenvalue weighted by molar-refractivity contribution is 0.950. The number of allylic oxidation sites excluding steroid dienone is 1. The molecule has 0 radical (unpaired) electrons. The summed E-state index contributed by atoms with van der Waals surface area (Å²) in [4.78, 5) is 0. The zero-order chi connectivity index (χ0) is 12.8.